The SMILES string of the molecule is Ic1onnc1C1CCCCC1. The first kappa shape index (κ1) is 8.47. The summed E-state index contributed by atoms with van der Waals surface area (Å²) in [6, 6.07) is 0. The van der Waals surface area contributed by atoms with Crippen molar-refractivity contribution in [3.8, 4) is 0 Å². The van der Waals surface area contributed by atoms with Crippen molar-refractivity contribution in [1.29, 1.82) is 0 Å². The van der Waals surface area contributed by atoms with Gasteiger partial charge in [0.05, 0.1) is 0 Å². The highest BCUT2D eigenvalue weighted by Gasteiger charge is 2.21. The molecule has 0 saturated heterocycles. The lowest BCUT2D eigenvalue weighted by molar-refractivity contribution is 0.372. The first-order chi connectivity index (χ1) is 5.88. The van der Waals surface area contributed by atoms with Gasteiger partial charge >= 0.3 is 0 Å². The summed E-state index contributed by atoms with van der Waals surface area (Å²) in [5.74, 6) is 0.608. The lowest BCUT2D eigenvalue weighted by Crippen LogP contribution is -2.06. The van der Waals surface area contributed by atoms with E-state index in [1.54, 1.807) is 0 Å². The third kappa shape index (κ3) is 1.62. The molecule has 0 spiro atoms. The standard InChI is InChI=1S/C8H11IN2O/c9-8-7(10-11-12-8)6-4-2-1-3-5-6/h6H,1-5H2. The number of halogens is 1. The molecule has 1 saturated carbocycles. The molecule has 1 aromatic rings. The van der Waals surface area contributed by atoms with Crippen molar-refractivity contribution < 1.29 is 4.52 Å². The van der Waals surface area contributed by atoms with Gasteiger partial charge in [-0.1, -0.05) is 19.3 Å². The maximum atomic E-state index is 4.94. The molecule has 2 rings (SSSR count). The molecule has 1 aliphatic carbocycles. The number of aromatic nitrogens is 2. The van der Waals surface area contributed by atoms with Gasteiger partial charge in [0, 0.05) is 33.8 Å². The molecule has 0 unspecified atom stereocenters. The van der Waals surface area contributed by atoms with Crippen molar-refractivity contribution in [2.45, 2.75) is 38.0 Å². The Bertz CT molecular complexity index is 255. The Morgan fingerprint density at radius 3 is 2.58 bits per heavy atom. The van der Waals surface area contributed by atoms with Crippen molar-refractivity contribution in [3.63, 3.8) is 0 Å². The molecule has 0 aromatic carbocycles. The maximum Gasteiger partial charge on any atom is 0.220 e. The van der Waals surface area contributed by atoms with E-state index in [0.29, 0.717) is 5.92 Å². The second-order valence-electron chi connectivity index (χ2n) is 3.27. The van der Waals surface area contributed by atoms with Gasteiger partial charge in [0.2, 0.25) is 3.77 Å². The van der Waals surface area contributed by atoms with E-state index in [-0.39, 0.29) is 0 Å². The molecule has 0 bridgehead atoms. The molecule has 1 heterocycles. The highest BCUT2D eigenvalue weighted by Crippen LogP contribution is 2.33. The smallest absolute Gasteiger partial charge is 0.220 e. The van der Waals surface area contributed by atoms with Crippen LogP contribution in [0.4, 0.5) is 0 Å². The van der Waals surface area contributed by atoms with E-state index < -0.39 is 0 Å². The van der Waals surface area contributed by atoms with Gasteiger partial charge in [-0.25, -0.2) is 0 Å². The molecule has 1 aliphatic rings. The Labute approximate surface area is 85.0 Å². The van der Waals surface area contributed by atoms with Crippen LogP contribution in [0, 0.1) is 3.77 Å². The van der Waals surface area contributed by atoms with Gasteiger partial charge in [0.25, 0.3) is 0 Å². The zero-order valence-corrected chi connectivity index (χ0v) is 8.95. The van der Waals surface area contributed by atoms with Gasteiger partial charge < -0.3 is 4.52 Å². The van der Waals surface area contributed by atoms with E-state index in [0.717, 1.165) is 9.46 Å². The Kier molecular flexibility index (Phi) is 2.63. The van der Waals surface area contributed by atoms with Gasteiger partial charge in [-0.3, -0.25) is 0 Å². The highest BCUT2D eigenvalue weighted by atomic mass is 127. The van der Waals surface area contributed by atoms with Crippen LogP contribution in [-0.4, -0.2) is 10.4 Å². The third-order valence-corrected chi connectivity index (χ3v) is 3.21. The molecule has 1 fully saturated rings. The largest absolute Gasteiger partial charge is 0.331 e. The van der Waals surface area contributed by atoms with Crippen LogP contribution in [-0.2, 0) is 0 Å². The summed E-state index contributed by atoms with van der Waals surface area (Å²) in [4.78, 5) is 0. The zero-order valence-electron chi connectivity index (χ0n) is 6.79. The van der Waals surface area contributed by atoms with Gasteiger partial charge in [0.1, 0.15) is 5.69 Å². The molecule has 0 radical (unpaired) electrons. The number of nitrogens with zero attached hydrogens (tertiary/aromatic N) is 2. The fraction of sp³-hybridized carbons (Fsp3) is 0.750. The first-order valence-electron chi connectivity index (χ1n) is 4.35. The van der Waals surface area contributed by atoms with E-state index in [4.69, 9.17) is 4.52 Å². The van der Waals surface area contributed by atoms with Crippen LogP contribution in [0.15, 0.2) is 4.52 Å². The van der Waals surface area contributed by atoms with Crippen LogP contribution in [0.2, 0.25) is 0 Å². The predicted octanol–water partition coefficient (Wildman–Crippen LogP) is 2.72. The van der Waals surface area contributed by atoms with Crippen LogP contribution in [0.5, 0.6) is 0 Å². The van der Waals surface area contributed by atoms with E-state index in [2.05, 4.69) is 33.0 Å². The number of hydrogen-bond acceptors (Lipinski definition) is 3. The highest BCUT2D eigenvalue weighted by molar-refractivity contribution is 14.1. The fourth-order valence-electron chi connectivity index (χ4n) is 1.80. The molecule has 4 heteroatoms. The molecule has 66 valence electrons. The first-order valence-corrected chi connectivity index (χ1v) is 5.43. The van der Waals surface area contributed by atoms with Crippen molar-refractivity contribution in [1.82, 2.24) is 10.4 Å². The molecular weight excluding hydrogens is 267 g/mol. The second-order valence-corrected chi connectivity index (χ2v) is 4.25. The summed E-state index contributed by atoms with van der Waals surface area (Å²) in [5, 5.41) is 7.58. The van der Waals surface area contributed by atoms with Gasteiger partial charge in [0.15, 0.2) is 0 Å². The van der Waals surface area contributed by atoms with Gasteiger partial charge in [-0.05, 0) is 12.8 Å². The van der Waals surface area contributed by atoms with Crippen LogP contribution < -0.4 is 0 Å². The molecule has 0 aliphatic heterocycles. The van der Waals surface area contributed by atoms with Gasteiger partial charge in [-0.15, -0.1) is 5.10 Å². The molecule has 0 atom stereocenters. The third-order valence-electron chi connectivity index (χ3n) is 2.46. The van der Waals surface area contributed by atoms with Gasteiger partial charge in [-0.2, -0.15) is 0 Å². The van der Waals surface area contributed by atoms with Crippen LogP contribution in [0.25, 0.3) is 0 Å². The summed E-state index contributed by atoms with van der Waals surface area (Å²) in [6.45, 7) is 0. The molecular formula is C8H11IN2O. The minimum absolute atomic E-state index is 0.608. The summed E-state index contributed by atoms with van der Waals surface area (Å²) in [6.07, 6.45) is 6.54. The molecule has 12 heavy (non-hydrogen) atoms. The van der Waals surface area contributed by atoms with E-state index in [9.17, 15) is 0 Å². The lowest BCUT2D eigenvalue weighted by Gasteiger charge is -2.18. The molecule has 1 aromatic heterocycles. The van der Waals surface area contributed by atoms with E-state index >= 15 is 0 Å². The van der Waals surface area contributed by atoms with Crippen LogP contribution in [0.3, 0.4) is 0 Å². The average molecular weight is 278 g/mol. The Morgan fingerprint density at radius 2 is 2.00 bits per heavy atom. The summed E-state index contributed by atoms with van der Waals surface area (Å²) in [7, 11) is 0. The minimum atomic E-state index is 0.608. The lowest BCUT2D eigenvalue weighted by atomic mass is 9.87. The predicted molar refractivity (Wildman–Crippen MR) is 52.8 cm³/mol. The zero-order chi connectivity index (χ0) is 8.39. The fourth-order valence-corrected chi connectivity index (χ4v) is 2.44. The van der Waals surface area contributed by atoms with Crippen molar-refractivity contribution in [2.75, 3.05) is 0 Å². The van der Waals surface area contributed by atoms with Crippen LogP contribution >= 0.6 is 22.6 Å². The van der Waals surface area contributed by atoms with Crippen LogP contribution in [0.1, 0.15) is 43.7 Å². The summed E-state index contributed by atoms with van der Waals surface area (Å²) < 4.78 is 5.82. The molecule has 0 N–H and O–H groups in total. The monoisotopic (exact) mass is 278 g/mol. The van der Waals surface area contributed by atoms with E-state index in [1.807, 2.05) is 0 Å². The second kappa shape index (κ2) is 3.72. The Balaban J connectivity index is 2.13. The van der Waals surface area contributed by atoms with Crippen molar-refractivity contribution in [2.24, 2.45) is 0 Å². The summed E-state index contributed by atoms with van der Waals surface area (Å²) in [5.41, 5.74) is 1.08. The summed E-state index contributed by atoms with van der Waals surface area (Å²) >= 11 is 2.17. The minimum Gasteiger partial charge on any atom is -0.331 e. The maximum absolute atomic E-state index is 4.94. The topological polar surface area (TPSA) is 38.9 Å². The average Bonchev–Trinajstić information content (AvgIpc) is 2.53. The number of rotatable bonds is 1. The van der Waals surface area contributed by atoms with Crippen molar-refractivity contribution >= 4 is 22.6 Å². The van der Waals surface area contributed by atoms with Crippen molar-refractivity contribution in [3.05, 3.63) is 9.46 Å². The van der Waals surface area contributed by atoms with E-state index in [1.165, 1.54) is 32.1 Å². The quantitative estimate of drug-likeness (QED) is 0.741. The molecule has 3 nitrogen and oxygen atoms in total. The molecule has 0 amide bonds. The Hall–Kier alpha value is -0.130. The number of hydrogen-bond donors (Lipinski definition) is 0. The Morgan fingerprint density at radius 1 is 1.25 bits per heavy atom. The normalized spacial score (nSPS) is 19.8.